The molecule has 0 radical (unpaired) electrons. The molecule has 4 nitrogen and oxygen atoms in total. The Bertz CT molecular complexity index is 478. The summed E-state index contributed by atoms with van der Waals surface area (Å²) in [5.74, 6) is -0.330. The van der Waals surface area contributed by atoms with E-state index in [0.29, 0.717) is 18.7 Å². The fourth-order valence-electron chi connectivity index (χ4n) is 1.73. The summed E-state index contributed by atoms with van der Waals surface area (Å²) in [7, 11) is 0. The number of aromatic nitrogens is 1. The van der Waals surface area contributed by atoms with Gasteiger partial charge >= 0.3 is 5.97 Å². The van der Waals surface area contributed by atoms with E-state index in [4.69, 9.17) is 10.00 Å². The highest BCUT2D eigenvalue weighted by Crippen LogP contribution is 2.19. The van der Waals surface area contributed by atoms with E-state index in [1.54, 1.807) is 13.0 Å². The summed E-state index contributed by atoms with van der Waals surface area (Å²) in [6, 6.07) is 1.94. The maximum atomic E-state index is 11.6. The van der Waals surface area contributed by atoms with Crippen molar-refractivity contribution in [2.45, 2.75) is 27.2 Å². The monoisotopic (exact) mass is 232 g/mol. The van der Waals surface area contributed by atoms with Crippen molar-refractivity contribution in [1.29, 1.82) is 5.26 Å². The van der Waals surface area contributed by atoms with Crippen LogP contribution in [0.15, 0.2) is 12.2 Å². The number of nitrogens with zero attached hydrogens (tertiary/aromatic N) is 1. The van der Waals surface area contributed by atoms with Crippen LogP contribution in [0.25, 0.3) is 0 Å². The number of carbonyl (C=O) groups is 1. The zero-order valence-electron chi connectivity index (χ0n) is 10.3. The molecule has 0 saturated carbocycles. The van der Waals surface area contributed by atoms with Crippen LogP contribution in [0.4, 0.5) is 0 Å². The number of esters is 1. The molecule has 1 rings (SSSR count). The Labute approximate surface area is 101 Å². The van der Waals surface area contributed by atoms with Gasteiger partial charge in [0.05, 0.1) is 12.7 Å². The Morgan fingerprint density at radius 2 is 2.24 bits per heavy atom. The first-order valence-corrected chi connectivity index (χ1v) is 5.51. The van der Waals surface area contributed by atoms with Gasteiger partial charge in [-0.3, -0.25) is 0 Å². The average molecular weight is 232 g/mol. The van der Waals surface area contributed by atoms with Crippen LogP contribution in [0, 0.1) is 25.2 Å². The van der Waals surface area contributed by atoms with Crippen LogP contribution in [0.2, 0.25) is 0 Å². The predicted molar refractivity (Wildman–Crippen MR) is 64.7 cm³/mol. The van der Waals surface area contributed by atoms with Gasteiger partial charge in [0.15, 0.2) is 0 Å². The molecule has 0 aliphatic rings. The number of allylic oxidation sites excluding steroid dienone is 2. The minimum absolute atomic E-state index is 0.330. The van der Waals surface area contributed by atoms with Gasteiger partial charge in [-0.15, -0.1) is 0 Å². The quantitative estimate of drug-likeness (QED) is 0.640. The lowest BCUT2D eigenvalue weighted by atomic mass is 10.1. The molecule has 1 heterocycles. The van der Waals surface area contributed by atoms with Gasteiger partial charge in [-0.05, 0) is 38.3 Å². The Morgan fingerprint density at radius 1 is 1.53 bits per heavy atom. The molecule has 0 fully saturated rings. The van der Waals surface area contributed by atoms with Gasteiger partial charge in [0.25, 0.3) is 0 Å². The molecule has 0 amide bonds. The second-order valence-electron chi connectivity index (χ2n) is 3.68. The highest BCUT2D eigenvalue weighted by molar-refractivity contribution is 5.89. The van der Waals surface area contributed by atoms with E-state index in [1.807, 2.05) is 19.9 Å². The van der Waals surface area contributed by atoms with Gasteiger partial charge in [0.1, 0.15) is 5.69 Å². The van der Waals surface area contributed by atoms with Crippen molar-refractivity contribution in [2.24, 2.45) is 0 Å². The third-order valence-corrected chi connectivity index (χ3v) is 2.59. The first kappa shape index (κ1) is 13.0. The second-order valence-corrected chi connectivity index (χ2v) is 3.68. The summed E-state index contributed by atoms with van der Waals surface area (Å²) < 4.78 is 4.96. The van der Waals surface area contributed by atoms with Crippen molar-refractivity contribution in [2.75, 3.05) is 6.61 Å². The number of rotatable bonds is 4. The summed E-state index contributed by atoms with van der Waals surface area (Å²) >= 11 is 0. The molecule has 0 spiro atoms. The van der Waals surface area contributed by atoms with Gasteiger partial charge in [-0.1, -0.05) is 6.08 Å². The SMILES string of the molecule is CCOC(=O)c1[nH]c(C)c(C/C=C/C#N)c1C. The number of H-pyrrole nitrogens is 1. The molecule has 17 heavy (non-hydrogen) atoms. The first-order chi connectivity index (χ1) is 8.11. The molecular formula is C13H16N2O2. The van der Waals surface area contributed by atoms with E-state index in [1.165, 1.54) is 6.08 Å². The lowest BCUT2D eigenvalue weighted by molar-refractivity contribution is 0.0519. The molecule has 0 bridgehead atoms. The Kier molecular flexibility index (Phi) is 4.53. The number of aromatic amines is 1. The van der Waals surface area contributed by atoms with Gasteiger partial charge in [-0.25, -0.2) is 4.79 Å². The van der Waals surface area contributed by atoms with E-state index < -0.39 is 0 Å². The molecule has 0 aliphatic carbocycles. The summed E-state index contributed by atoms with van der Waals surface area (Å²) in [6.07, 6.45) is 3.86. The minimum atomic E-state index is -0.330. The van der Waals surface area contributed by atoms with E-state index in [-0.39, 0.29) is 5.97 Å². The molecule has 1 N–H and O–H groups in total. The van der Waals surface area contributed by atoms with Gasteiger partial charge in [-0.2, -0.15) is 5.26 Å². The fourth-order valence-corrected chi connectivity index (χ4v) is 1.73. The number of ether oxygens (including phenoxy) is 1. The average Bonchev–Trinajstić information content (AvgIpc) is 2.57. The third kappa shape index (κ3) is 2.97. The normalized spacial score (nSPS) is 10.5. The highest BCUT2D eigenvalue weighted by atomic mass is 16.5. The summed E-state index contributed by atoms with van der Waals surface area (Å²) in [5, 5.41) is 8.43. The molecular weight excluding hydrogens is 216 g/mol. The minimum Gasteiger partial charge on any atom is -0.461 e. The smallest absolute Gasteiger partial charge is 0.355 e. The zero-order valence-corrected chi connectivity index (χ0v) is 10.3. The topological polar surface area (TPSA) is 65.9 Å². The van der Waals surface area contributed by atoms with Gasteiger partial charge in [0, 0.05) is 11.8 Å². The first-order valence-electron chi connectivity index (χ1n) is 5.51. The van der Waals surface area contributed by atoms with Crippen LogP contribution in [0.5, 0.6) is 0 Å². The maximum absolute atomic E-state index is 11.6. The van der Waals surface area contributed by atoms with Crippen molar-refractivity contribution in [3.05, 3.63) is 34.7 Å². The standard InChI is InChI=1S/C13H16N2O2/c1-4-17-13(16)12-9(2)11(10(3)15-12)7-5-6-8-14/h5-6,15H,4,7H2,1-3H3/b6-5+. The van der Waals surface area contributed by atoms with Crippen LogP contribution >= 0.6 is 0 Å². The lowest BCUT2D eigenvalue weighted by Gasteiger charge is -2.00. The number of aryl methyl sites for hydroxylation is 1. The van der Waals surface area contributed by atoms with Gasteiger partial charge < -0.3 is 9.72 Å². The lowest BCUT2D eigenvalue weighted by Crippen LogP contribution is -2.06. The van der Waals surface area contributed by atoms with Crippen molar-refractivity contribution in [3.63, 3.8) is 0 Å². The molecule has 0 aliphatic heterocycles. The van der Waals surface area contributed by atoms with Crippen LogP contribution in [0.3, 0.4) is 0 Å². The number of carbonyl (C=O) groups excluding carboxylic acids is 1. The number of hydrogen-bond donors (Lipinski definition) is 1. The molecule has 90 valence electrons. The van der Waals surface area contributed by atoms with Crippen LogP contribution < -0.4 is 0 Å². The summed E-state index contributed by atoms with van der Waals surface area (Å²) in [6.45, 7) is 5.93. The van der Waals surface area contributed by atoms with Crippen molar-refractivity contribution < 1.29 is 9.53 Å². The highest BCUT2D eigenvalue weighted by Gasteiger charge is 2.17. The number of hydrogen-bond acceptors (Lipinski definition) is 3. The van der Waals surface area contributed by atoms with Crippen molar-refractivity contribution in [1.82, 2.24) is 4.98 Å². The zero-order chi connectivity index (χ0) is 12.8. The molecule has 4 heteroatoms. The predicted octanol–water partition coefficient (Wildman–Crippen LogP) is 2.43. The van der Waals surface area contributed by atoms with E-state index in [2.05, 4.69) is 4.98 Å². The van der Waals surface area contributed by atoms with Crippen LogP contribution in [0.1, 0.15) is 34.2 Å². The van der Waals surface area contributed by atoms with Crippen LogP contribution in [-0.4, -0.2) is 17.6 Å². The number of nitrogens with one attached hydrogen (secondary N) is 1. The second kappa shape index (κ2) is 5.90. The van der Waals surface area contributed by atoms with Crippen LogP contribution in [-0.2, 0) is 11.2 Å². The Morgan fingerprint density at radius 3 is 2.82 bits per heavy atom. The molecule has 0 aromatic carbocycles. The molecule has 0 atom stereocenters. The summed E-state index contributed by atoms with van der Waals surface area (Å²) in [5.41, 5.74) is 3.38. The van der Waals surface area contributed by atoms with Crippen molar-refractivity contribution in [3.8, 4) is 6.07 Å². The molecule has 1 aromatic rings. The maximum Gasteiger partial charge on any atom is 0.355 e. The number of nitriles is 1. The Balaban J connectivity index is 2.98. The molecule has 1 aromatic heterocycles. The largest absolute Gasteiger partial charge is 0.461 e. The Hall–Kier alpha value is -2.02. The molecule has 0 unspecified atom stereocenters. The fraction of sp³-hybridized carbons (Fsp3) is 0.385. The van der Waals surface area contributed by atoms with E-state index in [9.17, 15) is 4.79 Å². The summed E-state index contributed by atoms with van der Waals surface area (Å²) in [4.78, 5) is 14.7. The van der Waals surface area contributed by atoms with Crippen molar-refractivity contribution >= 4 is 5.97 Å². The van der Waals surface area contributed by atoms with E-state index in [0.717, 1.165) is 16.8 Å². The van der Waals surface area contributed by atoms with Gasteiger partial charge in [0.2, 0.25) is 0 Å². The van der Waals surface area contributed by atoms with E-state index >= 15 is 0 Å². The third-order valence-electron chi connectivity index (χ3n) is 2.59. The molecule has 0 saturated heterocycles.